The Morgan fingerprint density at radius 1 is 1.36 bits per heavy atom. The maximum atomic E-state index is 11.6. The molecule has 1 aliphatic rings. The summed E-state index contributed by atoms with van der Waals surface area (Å²) in [5, 5.41) is 24.9. The third-order valence-electron chi connectivity index (χ3n) is 4.69. The number of aromatic nitrogens is 4. The molecular formula is C17H24N6O2. The first-order valence-corrected chi connectivity index (χ1v) is 8.49. The molecule has 8 nitrogen and oxygen atoms in total. The summed E-state index contributed by atoms with van der Waals surface area (Å²) in [6.07, 6.45) is 3.94. The second kappa shape index (κ2) is 7.18. The molecule has 3 heterocycles. The number of hydrogen-bond acceptors (Lipinski definition) is 6. The summed E-state index contributed by atoms with van der Waals surface area (Å²) in [6.45, 7) is 5.72. The van der Waals surface area contributed by atoms with Gasteiger partial charge in [0.2, 0.25) is 0 Å². The van der Waals surface area contributed by atoms with Gasteiger partial charge in [-0.05, 0) is 31.5 Å². The molecule has 0 saturated carbocycles. The monoisotopic (exact) mass is 344 g/mol. The topological polar surface area (TPSA) is 96.2 Å². The number of amides is 1. The maximum absolute atomic E-state index is 11.6. The zero-order chi connectivity index (χ0) is 18.0. The lowest BCUT2D eigenvalue weighted by Gasteiger charge is -2.16. The Bertz CT molecular complexity index is 727. The maximum Gasteiger partial charge on any atom is 0.271 e. The van der Waals surface area contributed by atoms with Gasteiger partial charge in [0.15, 0.2) is 11.5 Å². The number of rotatable bonds is 5. The zero-order valence-corrected chi connectivity index (χ0v) is 14.8. The lowest BCUT2D eigenvalue weighted by Crippen LogP contribution is -2.24. The molecule has 2 aromatic rings. The van der Waals surface area contributed by atoms with Crippen LogP contribution in [0, 0.1) is 5.92 Å². The summed E-state index contributed by atoms with van der Waals surface area (Å²) in [5.74, 6) is 0.765. The average Bonchev–Trinajstić information content (AvgIpc) is 3.27. The molecule has 8 heteroatoms. The molecule has 1 aliphatic heterocycles. The molecule has 0 aliphatic carbocycles. The molecule has 2 atom stereocenters. The van der Waals surface area contributed by atoms with Crippen molar-refractivity contribution in [1.29, 1.82) is 0 Å². The summed E-state index contributed by atoms with van der Waals surface area (Å²) >= 11 is 0. The second-order valence-electron chi connectivity index (χ2n) is 6.66. The standard InChI is InChI=1S/C17H24N6O2/c1-11(2)23-8-12(6-19-23)14-9-22(7-13(14)10-24)16-5-4-15(20-21-16)17(25)18-3/h4-6,8,11,13-14,24H,7,9-10H2,1-3H3,(H,18,25)/t13-,14-/m0/s1. The number of aliphatic hydroxyl groups is 1. The minimum atomic E-state index is -0.257. The summed E-state index contributed by atoms with van der Waals surface area (Å²) in [5.41, 5.74) is 1.42. The van der Waals surface area contributed by atoms with Crippen LogP contribution >= 0.6 is 0 Å². The third-order valence-corrected chi connectivity index (χ3v) is 4.69. The van der Waals surface area contributed by atoms with Crippen molar-refractivity contribution in [2.24, 2.45) is 5.92 Å². The van der Waals surface area contributed by atoms with E-state index in [0.29, 0.717) is 24.1 Å². The Hall–Kier alpha value is -2.48. The largest absolute Gasteiger partial charge is 0.396 e. The number of nitrogens with zero attached hydrogens (tertiary/aromatic N) is 5. The SMILES string of the molecule is CNC(=O)c1ccc(N2C[C@@H](CO)[C@H](c3cnn(C(C)C)c3)C2)nn1. The number of nitrogens with one attached hydrogen (secondary N) is 1. The van der Waals surface area contributed by atoms with Crippen LogP contribution in [0.15, 0.2) is 24.5 Å². The molecule has 2 aromatic heterocycles. The number of aliphatic hydroxyl groups excluding tert-OH is 1. The van der Waals surface area contributed by atoms with E-state index in [1.807, 2.05) is 10.9 Å². The van der Waals surface area contributed by atoms with E-state index >= 15 is 0 Å². The van der Waals surface area contributed by atoms with E-state index in [1.54, 1.807) is 19.2 Å². The first-order chi connectivity index (χ1) is 12.0. The Kier molecular flexibility index (Phi) is 4.98. The van der Waals surface area contributed by atoms with E-state index in [-0.39, 0.29) is 24.3 Å². The van der Waals surface area contributed by atoms with Crippen LogP contribution in [0.3, 0.4) is 0 Å². The van der Waals surface area contributed by atoms with E-state index in [9.17, 15) is 9.90 Å². The lowest BCUT2D eigenvalue weighted by molar-refractivity contribution is 0.0957. The van der Waals surface area contributed by atoms with E-state index in [0.717, 1.165) is 12.1 Å². The summed E-state index contributed by atoms with van der Waals surface area (Å²) in [7, 11) is 1.56. The van der Waals surface area contributed by atoms with Crippen LogP contribution in [0.1, 0.15) is 41.9 Å². The van der Waals surface area contributed by atoms with Crippen molar-refractivity contribution < 1.29 is 9.90 Å². The van der Waals surface area contributed by atoms with Gasteiger partial charge < -0.3 is 15.3 Å². The highest BCUT2D eigenvalue weighted by atomic mass is 16.3. The first kappa shape index (κ1) is 17.3. The van der Waals surface area contributed by atoms with Gasteiger partial charge in [0.25, 0.3) is 5.91 Å². The smallest absolute Gasteiger partial charge is 0.271 e. The molecule has 25 heavy (non-hydrogen) atoms. The number of carbonyl (C=O) groups is 1. The molecule has 0 unspecified atom stereocenters. The van der Waals surface area contributed by atoms with Crippen LogP contribution in [0.4, 0.5) is 5.82 Å². The normalized spacial score (nSPS) is 20.3. The average molecular weight is 344 g/mol. The van der Waals surface area contributed by atoms with E-state index in [1.165, 1.54) is 0 Å². The van der Waals surface area contributed by atoms with Crippen LogP contribution in [0.2, 0.25) is 0 Å². The number of carbonyl (C=O) groups excluding carboxylic acids is 1. The molecule has 3 rings (SSSR count). The van der Waals surface area contributed by atoms with Gasteiger partial charge in [-0.25, -0.2) is 0 Å². The van der Waals surface area contributed by atoms with Crippen molar-refractivity contribution in [2.75, 3.05) is 31.6 Å². The highest BCUT2D eigenvalue weighted by Gasteiger charge is 2.35. The summed E-state index contributed by atoms with van der Waals surface area (Å²) < 4.78 is 1.93. The highest BCUT2D eigenvalue weighted by Crippen LogP contribution is 2.34. The van der Waals surface area contributed by atoms with E-state index in [2.05, 4.69) is 45.6 Å². The van der Waals surface area contributed by atoms with Gasteiger partial charge in [-0.1, -0.05) is 0 Å². The minimum absolute atomic E-state index is 0.109. The van der Waals surface area contributed by atoms with Gasteiger partial charge in [0, 0.05) is 50.8 Å². The molecule has 1 fully saturated rings. The number of anilines is 1. The van der Waals surface area contributed by atoms with Gasteiger partial charge in [-0.2, -0.15) is 5.10 Å². The van der Waals surface area contributed by atoms with E-state index in [4.69, 9.17) is 0 Å². The fraction of sp³-hybridized carbons (Fsp3) is 0.529. The Labute approximate surface area is 146 Å². The van der Waals surface area contributed by atoms with Crippen molar-refractivity contribution in [3.05, 3.63) is 35.8 Å². The van der Waals surface area contributed by atoms with Crippen LogP contribution in [-0.2, 0) is 0 Å². The Balaban J connectivity index is 1.77. The van der Waals surface area contributed by atoms with Crippen molar-refractivity contribution in [2.45, 2.75) is 25.8 Å². The van der Waals surface area contributed by atoms with Gasteiger partial charge in [-0.3, -0.25) is 9.48 Å². The van der Waals surface area contributed by atoms with Crippen LogP contribution in [-0.4, -0.2) is 57.7 Å². The zero-order valence-electron chi connectivity index (χ0n) is 14.8. The van der Waals surface area contributed by atoms with E-state index < -0.39 is 0 Å². The molecule has 0 aromatic carbocycles. The second-order valence-corrected chi connectivity index (χ2v) is 6.66. The Morgan fingerprint density at radius 2 is 2.16 bits per heavy atom. The van der Waals surface area contributed by atoms with Crippen molar-refractivity contribution in [1.82, 2.24) is 25.3 Å². The first-order valence-electron chi connectivity index (χ1n) is 8.49. The summed E-state index contributed by atoms with van der Waals surface area (Å²) in [6, 6.07) is 3.77. The van der Waals surface area contributed by atoms with Crippen LogP contribution < -0.4 is 10.2 Å². The van der Waals surface area contributed by atoms with Crippen LogP contribution in [0.25, 0.3) is 0 Å². The van der Waals surface area contributed by atoms with Gasteiger partial charge in [-0.15, -0.1) is 10.2 Å². The predicted molar refractivity (Wildman–Crippen MR) is 93.6 cm³/mol. The quantitative estimate of drug-likeness (QED) is 0.834. The molecule has 1 amide bonds. The minimum Gasteiger partial charge on any atom is -0.396 e. The number of hydrogen-bond donors (Lipinski definition) is 2. The highest BCUT2D eigenvalue weighted by molar-refractivity contribution is 5.91. The third kappa shape index (κ3) is 3.48. The van der Waals surface area contributed by atoms with Crippen LogP contribution in [0.5, 0.6) is 0 Å². The molecular weight excluding hydrogens is 320 g/mol. The molecule has 0 spiro atoms. The Morgan fingerprint density at radius 3 is 2.72 bits per heavy atom. The van der Waals surface area contributed by atoms with Gasteiger partial charge in [0.05, 0.1) is 6.20 Å². The van der Waals surface area contributed by atoms with Crippen molar-refractivity contribution >= 4 is 11.7 Å². The predicted octanol–water partition coefficient (Wildman–Crippen LogP) is 0.826. The molecule has 2 N–H and O–H groups in total. The van der Waals surface area contributed by atoms with Crippen molar-refractivity contribution in [3.63, 3.8) is 0 Å². The summed E-state index contributed by atoms with van der Waals surface area (Å²) in [4.78, 5) is 13.7. The fourth-order valence-corrected chi connectivity index (χ4v) is 3.19. The lowest BCUT2D eigenvalue weighted by atomic mass is 9.92. The van der Waals surface area contributed by atoms with Crippen molar-refractivity contribution in [3.8, 4) is 0 Å². The molecule has 134 valence electrons. The molecule has 0 bridgehead atoms. The van der Waals surface area contributed by atoms with Gasteiger partial charge >= 0.3 is 0 Å². The molecule has 1 saturated heterocycles. The molecule has 0 radical (unpaired) electrons. The van der Waals surface area contributed by atoms with Gasteiger partial charge in [0.1, 0.15) is 0 Å². The fourth-order valence-electron chi connectivity index (χ4n) is 3.19.